The van der Waals surface area contributed by atoms with Crippen LogP contribution in [0.5, 0.6) is 0 Å². The van der Waals surface area contributed by atoms with Gasteiger partial charge in [0.05, 0.1) is 17.8 Å². The number of carbonyl (C=O) groups is 1. The van der Waals surface area contributed by atoms with Crippen molar-refractivity contribution < 1.29 is 4.79 Å². The van der Waals surface area contributed by atoms with Gasteiger partial charge in [0.1, 0.15) is 0 Å². The van der Waals surface area contributed by atoms with E-state index in [9.17, 15) is 4.79 Å². The molecule has 2 aliphatic heterocycles. The molecule has 5 rings (SSSR count). The fraction of sp³-hybridized carbons (Fsp3) is 0.318. The maximum Gasteiger partial charge on any atom is 0.234 e. The molecule has 0 aliphatic carbocycles. The Morgan fingerprint density at radius 3 is 2.75 bits per heavy atom. The molecule has 2 aromatic carbocycles. The molecular weight excluding hydrogens is 350 g/mol. The number of rotatable bonds is 3. The lowest BCUT2D eigenvalue weighted by atomic mass is 9.93. The lowest BCUT2D eigenvalue weighted by Crippen LogP contribution is -2.58. The van der Waals surface area contributed by atoms with Gasteiger partial charge in [0.25, 0.3) is 0 Å². The fourth-order valence-corrected chi connectivity index (χ4v) is 4.38. The van der Waals surface area contributed by atoms with Gasteiger partial charge in [-0.25, -0.2) is 9.97 Å². The average molecular weight is 373 g/mol. The van der Waals surface area contributed by atoms with Crippen LogP contribution < -0.4 is 10.6 Å². The van der Waals surface area contributed by atoms with Crippen LogP contribution in [0.3, 0.4) is 0 Å². The van der Waals surface area contributed by atoms with Gasteiger partial charge < -0.3 is 10.6 Å². The van der Waals surface area contributed by atoms with Crippen molar-refractivity contribution in [3.63, 3.8) is 0 Å². The van der Waals surface area contributed by atoms with E-state index in [-0.39, 0.29) is 11.4 Å². The van der Waals surface area contributed by atoms with Gasteiger partial charge in [0.2, 0.25) is 5.91 Å². The lowest BCUT2D eigenvalue weighted by Gasteiger charge is -2.41. The van der Waals surface area contributed by atoms with Gasteiger partial charge in [-0.1, -0.05) is 36.4 Å². The van der Waals surface area contributed by atoms with E-state index in [2.05, 4.69) is 63.0 Å². The highest BCUT2D eigenvalue weighted by molar-refractivity contribution is 5.86. The van der Waals surface area contributed by atoms with E-state index in [1.807, 2.05) is 12.3 Å². The number of hydrogen-bond donors (Lipinski definition) is 2. The van der Waals surface area contributed by atoms with Crippen LogP contribution >= 0.6 is 0 Å². The highest BCUT2D eigenvalue weighted by atomic mass is 16.2. The summed E-state index contributed by atoms with van der Waals surface area (Å²) in [6.07, 6.45) is 2.75. The molecular formula is C22H23N5O. The van der Waals surface area contributed by atoms with Gasteiger partial charge in [-0.2, -0.15) is 0 Å². The number of nitrogens with zero attached hydrogens (tertiary/aromatic N) is 3. The molecule has 3 heterocycles. The van der Waals surface area contributed by atoms with Crippen molar-refractivity contribution in [1.82, 2.24) is 25.5 Å². The summed E-state index contributed by atoms with van der Waals surface area (Å²) in [5.74, 6) is 0.876. The number of nitrogens with one attached hydrogen (secondary N) is 2. The Bertz CT molecular complexity index is 1030. The molecule has 2 saturated heterocycles. The summed E-state index contributed by atoms with van der Waals surface area (Å²) in [5.41, 5.74) is 1.67. The van der Waals surface area contributed by atoms with Gasteiger partial charge in [0.15, 0.2) is 5.82 Å². The molecule has 1 atom stereocenters. The van der Waals surface area contributed by atoms with Gasteiger partial charge >= 0.3 is 0 Å². The minimum atomic E-state index is -0.329. The normalized spacial score (nSPS) is 23.1. The van der Waals surface area contributed by atoms with Crippen molar-refractivity contribution in [3.05, 3.63) is 60.6 Å². The number of amides is 1. The smallest absolute Gasteiger partial charge is 0.234 e. The van der Waals surface area contributed by atoms with E-state index in [1.54, 1.807) is 0 Å². The Morgan fingerprint density at radius 1 is 1.04 bits per heavy atom. The summed E-state index contributed by atoms with van der Waals surface area (Å²) in [4.78, 5) is 23.9. The average Bonchev–Trinajstić information content (AvgIpc) is 3.25. The van der Waals surface area contributed by atoms with Crippen LogP contribution in [0.15, 0.2) is 54.7 Å². The first-order chi connectivity index (χ1) is 13.7. The summed E-state index contributed by atoms with van der Waals surface area (Å²) < 4.78 is 0. The third kappa shape index (κ3) is 2.95. The Hall–Kier alpha value is -2.83. The molecule has 1 aromatic heterocycles. The quantitative estimate of drug-likeness (QED) is 0.734. The molecule has 142 valence electrons. The Kier molecular flexibility index (Phi) is 4.30. The highest BCUT2D eigenvalue weighted by Crippen LogP contribution is 2.34. The van der Waals surface area contributed by atoms with E-state index in [1.165, 1.54) is 10.8 Å². The maximum absolute atomic E-state index is 12.0. The third-order valence-electron chi connectivity index (χ3n) is 5.89. The minimum absolute atomic E-state index is 0.0724. The fourth-order valence-electron chi connectivity index (χ4n) is 4.38. The molecule has 0 bridgehead atoms. The molecule has 0 spiro atoms. The van der Waals surface area contributed by atoms with Crippen molar-refractivity contribution in [2.24, 2.45) is 0 Å². The zero-order valence-electron chi connectivity index (χ0n) is 15.7. The van der Waals surface area contributed by atoms with Crippen LogP contribution in [-0.4, -0.2) is 53.5 Å². The van der Waals surface area contributed by atoms with Crippen molar-refractivity contribution in [1.29, 1.82) is 0 Å². The van der Waals surface area contributed by atoms with Gasteiger partial charge in [0, 0.05) is 31.4 Å². The zero-order chi connectivity index (χ0) is 19.0. The molecule has 6 heteroatoms. The topological polar surface area (TPSA) is 70.2 Å². The molecule has 3 aromatic rings. The van der Waals surface area contributed by atoms with Crippen LogP contribution in [0, 0.1) is 0 Å². The predicted octanol–water partition coefficient (Wildman–Crippen LogP) is 1.92. The first kappa shape index (κ1) is 17.3. The van der Waals surface area contributed by atoms with Crippen molar-refractivity contribution in [3.8, 4) is 11.3 Å². The van der Waals surface area contributed by atoms with Crippen molar-refractivity contribution in [2.45, 2.75) is 12.0 Å². The molecule has 0 radical (unpaired) electrons. The van der Waals surface area contributed by atoms with Crippen LogP contribution in [0.25, 0.3) is 22.0 Å². The van der Waals surface area contributed by atoms with Gasteiger partial charge in [-0.3, -0.25) is 9.69 Å². The Balaban J connectivity index is 1.55. The number of fused-ring (bicyclic) bond motifs is 1. The number of piperazine rings is 1. The van der Waals surface area contributed by atoms with Gasteiger partial charge in [-0.05, 0) is 35.9 Å². The largest absolute Gasteiger partial charge is 0.354 e. The van der Waals surface area contributed by atoms with E-state index >= 15 is 0 Å². The highest BCUT2D eigenvalue weighted by Gasteiger charge is 2.45. The van der Waals surface area contributed by atoms with E-state index in [4.69, 9.17) is 4.98 Å². The summed E-state index contributed by atoms with van der Waals surface area (Å²) in [5, 5.41) is 8.79. The molecule has 0 saturated carbocycles. The number of hydrogen-bond acceptors (Lipinski definition) is 5. The van der Waals surface area contributed by atoms with Crippen LogP contribution in [0.4, 0.5) is 0 Å². The minimum Gasteiger partial charge on any atom is -0.354 e. The van der Waals surface area contributed by atoms with E-state index < -0.39 is 0 Å². The zero-order valence-corrected chi connectivity index (χ0v) is 15.7. The summed E-state index contributed by atoms with van der Waals surface area (Å²) >= 11 is 0. The summed E-state index contributed by atoms with van der Waals surface area (Å²) in [6, 6.07) is 16.7. The number of aromatic nitrogens is 2. The first-order valence-electron chi connectivity index (χ1n) is 9.80. The van der Waals surface area contributed by atoms with Crippen LogP contribution in [0.1, 0.15) is 12.2 Å². The SMILES string of the molecule is O=C1CN([C@]2(c3nccc(-c4ccc5ccccc5c4)n3)CCNC2)CCN1. The standard InChI is InChI=1S/C22H23N5O/c28-20-14-27(12-11-24-20)22(8-10-23-15-22)21-25-9-7-19(26-21)18-6-5-16-3-1-2-4-17(16)13-18/h1-7,9,13,23H,8,10-12,14-15H2,(H,24,28)/t22-/m1/s1. The molecule has 2 fully saturated rings. The summed E-state index contributed by atoms with van der Waals surface area (Å²) in [7, 11) is 0. The molecule has 2 aliphatic rings. The summed E-state index contributed by atoms with van der Waals surface area (Å²) in [6.45, 7) is 3.55. The van der Waals surface area contributed by atoms with Crippen LogP contribution in [0.2, 0.25) is 0 Å². The maximum atomic E-state index is 12.0. The second kappa shape index (κ2) is 6.96. The Labute approximate surface area is 164 Å². The lowest BCUT2D eigenvalue weighted by molar-refractivity contribution is -0.126. The van der Waals surface area contributed by atoms with Crippen molar-refractivity contribution in [2.75, 3.05) is 32.7 Å². The molecule has 28 heavy (non-hydrogen) atoms. The second-order valence-electron chi connectivity index (χ2n) is 7.56. The molecule has 1 amide bonds. The number of carbonyl (C=O) groups excluding carboxylic acids is 1. The van der Waals surface area contributed by atoms with E-state index in [0.29, 0.717) is 13.1 Å². The van der Waals surface area contributed by atoms with Crippen LogP contribution in [-0.2, 0) is 10.3 Å². The molecule has 2 N–H and O–H groups in total. The van der Waals surface area contributed by atoms with E-state index in [0.717, 1.165) is 43.1 Å². The van der Waals surface area contributed by atoms with Gasteiger partial charge in [-0.15, -0.1) is 0 Å². The second-order valence-corrected chi connectivity index (χ2v) is 7.56. The third-order valence-corrected chi connectivity index (χ3v) is 5.89. The predicted molar refractivity (Wildman–Crippen MR) is 109 cm³/mol. The Morgan fingerprint density at radius 2 is 1.93 bits per heavy atom. The first-order valence-corrected chi connectivity index (χ1v) is 9.80. The monoisotopic (exact) mass is 373 g/mol. The molecule has 6 nitrogen and oxygen atoms in total. The number of benzene rings is 2. The van der Waals surface area contributed by atoms with Crippen molar-refractivity contribution >= 4 is 16.7 Å². The molecule has 0 unspecified atom stereocenters.